The molecule has 4 heteroatoms. The highest BCUT2D eigenvalue weighted by molar-refractivity contribution is 4.98. The number of likely N-dealkylation sites (N-methyl/N-ethyl adjacent to an activating group) is 2. The second-order valence-electron chi connectivity index (χ2n) is 6.08. The third kappa shape index (κ3) is 3.67. The molecule has 106 valence electrons. The first-order chi connectivity index (χ1) is 8.69. The van der Waals surface area contributed by atoms with Gasteiger partial charge in [0.25, 0.3) is 0 Å². The topological polar surface area (TPSA) is 44.7 Å². The minimum absolute atomic E-state index is 0.0478. The van der Waals surface area contributed by atoms with Gasteiger partial charge in [-0.25, -0.2) is 0 Å². The molecule has 0 saturated heterocycles. The predicted molar refractivity (Wildman–Crippen MR) is 72.7 cm³/mol. The van der Waals surface area contributed by atoms with E-state index >= 15 is 0 Å². The second-order valence-corrected chi connectivity index (χ2v) is 6.08. The van der Waals surface area contributed by atoms with Gasteiger partial charge in [-0.3, -0.25) is 0 Å². The van der Waals surface area contributed by atoms with Crippen molar-refractivity contribution in [1.82, 2.24) is 10.2 Å². The molecule has 2 rings (SSSR count). The maximum absolute atomic E-state index is 9.49. The van der Waals surface area contributed by atoms with Crippen molar-refractivity contribution in [3.63, 3.8) is 0 Å². The van der Waals surface area contributed by atoms with Crippen LogP contribution >= 0.6 is 0 Å². The molecule has 0 aromatic carbocycles. The third-order valence-electron chi connectivity index (χ3n) is 4.68. The van der Waals surface area contributed by atoms with Gasteiger partial charge in [0.1, 0.15) is 0 Å². The Morgan fingerprint density at radius 3 is 2.72 bits per heavy atom. The van der Waals surface area contributed by atoms with Crippen molar-refractivity contribution in [2.45, 2.75) is 43.7 Å². The van der Waals surface area contributed by atoms with Gasteiger partial charge >= 0.3 is 0 Å². The van der Waals surface area contributed by atoms with Crippen molar-refractivity contribution >= 4 is 0 Å². The lowest BCUT2D eigenvalue weighted by atomic mass is 9.99. The van der Waals surface area contributed by atoms with Crippen molar-refractivity contribution in [2.24, 2.45) is 5.92 Å². The largest absolute Gasteiger partial charge is 0.394 e. The summed E-state index contributed by atoms with van der Waals surface area (Å²) in [6.45, 7) is 3.04. The fourth-order valence-electron chi connectivity index (χ4n) is 2.85. The van der Waals surface area contributed by atoms with E-state index in [-0.39, 0.29) is 12.1 Å². The van der Waals surface area contributed by atoms with Crippen LogP contribution in [0.15, 0.2) is 0 Å². The van der Waals surface area contributed by atoms with Crippen molar-refractivity contribution < 1.29 is 9.84 Å². The molecule has 2 atom stereocenters. The Labute approximate surface area is 111 Å². The highest BCUT2D eigenvalue weighted by Crippen LogP contribution is 2.32. The molecule has 0 aliphatic heterocycles. The van der Waals surface area contributed by atoms with Crippen molar-refractivity contribution in [3.8, 4) is 0 Å². The van der Waals surface area contributed by atoms with E-state index < -0.39 is 0 Å². The van der Waals surface area contributed by atoms with Crippen LogP contribution in [0, 0.1) is 5.92 Å². The summed E-state index contributed by atoms with van der Waals surface area (Å²) in [6.07, 6.45) is 6.00. The zero-order valence-electron chi connectivity index (χ0n) is 11.8. The average Bonchev–Trinajstić information content (AvgIpc) is 3.11. The van der Waals surface area contributed by atoms with Gasteiger partial charge in [-0.05, 0) is 52.1 Å². The number of hydrogen-bond acceptors (Lipinski definition) is 4. The van der Waals surface area contributed by atoms with Crippen molar-refractivity contribution in [1.29, 1.82) is 0 Å². The molecule has 0 bridgehead atoms. The average molecular weight is 256 g/mol. The molecule has 0 amide bonds. The lowest BCUT2D eigenvalue weighted by molar-refractivity contribution is 0.0886. The van der Waals surface area contributed by atoms with E-state index in [9.17, 15) is 5.11 Å². The predicted octanol–water partition coefficient (Wildman–Crippen LogP) is 0.848. The van der Waals surface area contributed by atoms with Crippen molar-refractivity contribution in [3.05, 3.63) is 0 Å². The molecule has 0 aromatic heterocycles. The standard InChI is InChI=1S/C14H28N2O2/c1-15-14(11-17)6-5-13(9-14)16(2)7-8-18-10-12-3-4-12/h12-13,15,17H,3-11H2,1-2H3. The minimum atomic E-state index is -0.0478. The molecule has 4 nitrogen and oxygen atoms in total. The molecular weight excluding hydrogens is 228 g/mol. The van der Waals surface area contributed by atoms with Gasteiger partial charge in [-0.1, -0.05) is 0 Å². The molecule has 2 aliphatic rings. The Morgan fingerprint density at radius 1 is 1.39 bits per heavy atom. The molecule has 2 N–H and O–H groups in total. The first kappa shape index (κ1) is 14.3. The normalized spacial score (nSPS) is 32.3. The summed E-state index contributed by atoms with van der Waals surface area (Å²) in [7, 11) is 4.13. The van der Waals surface area contributed by atoms with E-state index in [2.05, 4.69) is 17.3 Å². The first-order valence-corrected chi connectivity index (χ1v) is 7.27. The number of hydrogen-bond donors (Lipinski definition) is 2. The molecule has 0 aromatic rings. The lowest BCUT2D eigenvalue weighted by Crippen LogP contribution is -2.45. The van der Waals surface area contributed by atoms with Crippen LogP contribution in [0.5, 0.6) is 0 Å². The first-order valence-electron chi connectivity index (χ1n) is 7.27. The monoisotopic (exact) mass is 256 g/mol. The van der Waals surface area contributed by atoms with Crippen LogP contribution in [0.25, 0.3) is 0 Å². The van der Waals surface area contributed by atoms with E-state index in [1.807, 2.05) is 7.05 Å². The summed E-state index contributed by atoms with van der Waals surface area (Å²) in [6, 6.07) is 0.578. The quantitative estimate of drug-likeness (QED) is 0.632. The maximum Gasteiger partial charge on any atom is 0.0613 e. The van der Waals surface area contributed by atoms with Crippen LogP contribution < -0.4 is 5.32 Å². The number of nitrogens with one attached hydrogen (secondary N) is 1. The Kier molecular flexibility index (Phi) is 5.01. The van der Waals surface area contributed by atoms with Gasteiger partial charge in [0.05, 0.1) is 13.2 Å². The third-order valence-corrected chi connectivity index (χ3v) is 4.68. The van der Waals surface area contributed by atoms with Gasteiger partial charge in [-0.2, -0.15) is 0 Å². The molecule has 2 unspecified atom stereocenters. The van der Waals surface area contributed by atoms with Gasteiger partial charge < -0.3 is 20.1 Å². The smallest absolute Gasteiger partial charge is 0.0613 e. The van der Waals surface area contributed by atoms with Gasteiger partial charge in [0.2, 0.25) is 0 Å². The Hall–Kier alpha value is -0.160. The number of rotatable bonds is 8. The van der Waals surface area contributed by atoms with Crippen LogP contribution in [0.1, 0.15) is 32.1 Å². The highest BCUT2D eigenvalue weighted by Gasteiger charge is 2.38. The molecule has 2 aliphatic carbocycles. The zero-order valence-corrected chi connectivity index (χ0v) is 11.8. The van der Waals surface area contributed by atoms with E-state index in [0.29, 0.717) is 6.04 Å². The van der Waals surface area contributed by atoms with E-state index in [0.717, 1.165) is 38.5 Å². The van der Waals surface area contributed by atoms with Crippen LogP contribution in [-0.4, -0.2) is 62.0 Å². The number of ether oxygens (including phenoxy) is 1. The number of nitrogens with zero attached hydrogens (tertiary/aromatic N) is 1. The summed E-state index contributed by atoms with van der Waals surface area (Å²) >= 11 is 0. The van der Waals surface area contributed by atoms with Crippen LogP contribution in [0.2, 0.25) is 0 Å². The number of aliphatic hydroxyl groups excluding tert-OH is 1. The van der Waals surface area contributed by atoms with E-state index in [4.69, 9.17) is 4.74 Å². The SMILES string of the molecule is CNC1(CO)CCC(N(C)CCOCC2CC2)C1. The van der Waals surface area contributed by atoms with Crippen LogP contribution in [0.3, 0.4) is 0 Å². The molecule has 2 saturated carbocycles. The van der Waals surface area contributed by atoms with Crippen LogP contribution in [-0.2, 0) is 4.74 Å². The Bertz CT molecular complexity index is 252. The van der Waals surface area contributed by atoms with Crippen molar-refractivity contribution in [2.75, 3.05) is 40.5 Å². The number of aliphatic hydroxyl groups is 1. The fourth-order valence-corrected chi connectivity index (χ4v) is 2.85. The molecule has 0 spiro atoms. The van der Waals surface area contributed by atoms with Gasteiger partial charge in [-0.15, -0.1) is 0 Å². The molecular formula is C14H28N2O2. The molecule has 18 heavy (non-hydrogen) atoms. The lowest BCUT2D eigenvalue weighted by Gasteiger charge is -2.29. The fraction of sp³-hybridized carbons (Fsp3) is 1.00. The maximum atomic E-state index is 9.49. The summed E-state index contributed by atoms with van der Waals surface area (Å²) in [5.74, 6) is 0.855. The molecule has 0 radical (unpaired) electrons. The van der Waals surface area contributed by atoms with Gasteiger partial charge in [0, 0.05) is 24.7 Å². The van der Waals surface area contributed by atoms with Crippen LogP contribution in [0.4, 0.5) is 0 Å². The minimum Gasteiger partial charge on any atom is -0.394 e. The second kappa shape index (κ2) is 6.33. The van der Waals surface area contributed by atoms with E-state index in [1.54, 1.807) is 0 Å². The summed E-state index contributed by atoms with van der Waals surface area (Å²) in [5.41, 5.74) is -0.0478. The van der Waals surface area contributed by atoms with Gasteiger partial charge in [0.15, 0.2) is 0 Å². The zero-order chi connectivity index (χ0) is 13.0. The molecule has 0 heterocycles. The van der Waals surface area contributed by atoms with E-state index in [1.165, 1.54) is 19.3 Å². The highest BCUT2D eigenvalue weighted by atomic mass is 16.5. The Morgan fingerprint density at radius 2 is 2.17 bits per heavy atom. The summed E-state index contributed by atoms with van der Waals surface area (Å²) in [5, 5.41) is 12.8. The summed E-state index contributed by atoms with van der Waals surface area (Å²) in [4.78, 5) is 2.39. The molecule has 2 fully saturated rings. The Balaban J connectivity index is 1.64. The summed E-state index contributed by atoms with van der Waals surface area (Å²) < 4.78 is 5.69.